The van der Waals surface area contributed by atoms with E-state index in [0.717, 1.165) is 20.2 Å². The van der Waals surface area contributed by atoms with Gasteiger partial charge in [-0.2, -0.15) is 13.2 Å². The van der Waals surface area contributed by atoms with Crippen LogP contribution >= 0.6 is 11.6 Å². The number of hydrogen-bond acceptors (Lipinski definition) is 9. The molecule has 3 heterocycles. The Kier molecular flexibility index (Phi) is 6.31. The highest BCUT2D eigenvalue weighted by molar-refractivity contribution is 6.33. The number of carbonyl (C=O) groups excluding carboxylic acids is 3. The third kappa shape index (κ3) is 4.85. The summed E-state index contributed by atoms with van der Waals surface area (Å²) in [5, 5.41) is 1.76. The lowest BCUT2D eigenvalue weighted by molar-refractivity contribution is -0.176. The van der Waals surface area contributed by atoms with E-state index in [9.17, 15) is 27.6 Å². The molecule has 15 heteroatoms. The summed E-state index contributed by atoms with van der Waals surface area (Å²) >= 11 is 5.96. The first-order valence-electron chi connectivity index (χ1n) is 8.65. The summed E-state index contributed by atoms with van der Waals surface area (Å²) in [6, 6.07) is -1.54. The summed E-state index contributed by atoms with van der Waals surface area (Å²) < 4.78 is 55.7. The molecule has 1 saturated heterocycles. The quantitative estimate of drug-likeness (QED) is 0.505. The summed E-state index contributed by atoms with van der Waals surface area (Å²) in [6.07, 6.45) is -6.95. The van der Waals surface area contributed by atoms with Gasteiger partial charge in [0.05, 0.1) is 6.33 Å². The topological polar surface area (TPSA) is 135 Å². The molecule has 0 spiro atoms. The van der Waals surface area contributed by atoms with Crippen LogP contribution in [0.1, 0.15) is 20.1 Å². The molecule has 2 aromatic heterocycles. The number of esters is 2. The van der Waals surface area contributed by atoms with Gasteiger partial charge in [0.1, 0.15) is 30.6 Å². The predicted molar refractivity (Wildman–Crippen MR) is 94.4 cm³/mol. The second kappa shape index (κ2) is 8.63. The molecule has 1 aliphatic rings. The number of nitrogens with zero attached hydrogens (tertiary/aromatic N) is 4. The van der Waals surface area contributed by atoms with Gasteiger partial charge in [0, 0.05) is 13.8 Å². The Labute approximate surface area is 176 Å². The Morgan fingerprint density at radius 2 is 1.94 bits per heavy atom. The molecule has 0 unspecified atom stereocenters. The van der Waals surface area contributed by atoms with Crippen molar-refractivity contribution >= 4 is 40.6 Å². The molecule has 1 N–H and O–H groups in total. The lowest BCUT2D eigenvalue weighted by Gasteiger charge is -2.25. The van der Waals surface area contributed by atoms with E-state index < -0.39 is 55.1 Å². The van der Waals surface area contributed by atoms with Crippen molar-refractivity contribution in [2.24, 2.45) is 0 Å². The smallest absolute Gasteiger partial charge is 0.463 e. The highest BCUT2D eigenvalue weighted by Crippen LogP contribution is 2.35. The largest absolute Gasteiger partial charge is 0.471 e. The van der Waals surface area contributed by atoms with E-state index in [1.54, 1.807) is 5.32 Å². The number of ether oxygens (including phenoxy) is 3. The van der Waals surface area contributed by atoms with E-state index in [0.29, 0.717) is 0 Å². The van der Waals surface area contributed by atoms with Crippen LogP contribution in [-0.2, 0) is 28.6 Å². The van der Waals surface area contributed by atoms with Crippen LogP contribution in [-0.4, -0.2) is 68.4 Å². The van der Waals surface area contributed by atoms with Crippen LogP contribution in [0.2, 0.25) is 5.15 Å². The summed E-state index contributed by atoms with van der Waals surface area (Å²) in [5.41, 5.74) is 0.215. The molecular weight excluding hydrogens is 451 g/mol. The first-order valence-corrected chi connectivity index (χ1v) is 9.03. The average Bonchev–Trinajstić information content (AvgIpc) is 3.22. The highest BCUT2D eigenvalue weighted by atomic mass is 35.5. The van der Waals surface area contributed by atoms with Crippen molar-refractivity contribution in [3.63, 3.8) is 0 Å². The fourth-order valence-corrected chi connectivity index (χ4v) is 3.22. The summed E-state index contributed by atoms with van der Waals surface area (Å²) in [7, 11) is 0. The molecule has 0 radical (unpaired) electrons. The Morgan fingerprint density at radius 3 is 2.55 bits per heavy atom. The van der Waals surface area contributed by atoms with Crippen LogP contribution in [0.4, 0.5) is 13.2 Å². The van der Waals surface area contributed by atoms with Gasteiger partial charge in [-0.1, -0.05) is 11.6 Å². The normalized spacial score (nSPS) is 23.5. The molecule has 0 aromatic carbocycles. The van der Waals surface area contributed by atoms with Gasteiger partial charge >= 0.3 is 24.0 Å². The zero-order valence-electron chi connectivity index (χ0n) is 15.9. The highest BCUT2D eigenvalue weighted by Gasteiger charge is 2.52. The van der Waals surface area contributed by atoms with Gasteiger partial charge in [-0.25, -0.2) is 15.0 Å². The van der Waals surface area contributed by atoms with Crippen LogP contribution in [0.25, 0.3) is 11.2 Å². The fourth-order valence-electron chi connectivity index (χ4n) is 3.04. The molecule has 1 aliphatic heterocycles. The van der Waals surface area contributed by atoms with E-state index in [1.165, 1.54) is 10.9 Å². The second-order valence-electron chi connectivity index (χ2n) is 6.43. The minimum absolute atomic E-state index is 0.0226. The summed E-state index contributed by atoms with van der Waals surface area (Å²) in [5.74, 6) is -3.83. The third-order valence-electron chi connectivity index (χ3n) is 4.24. The summed E-state index contributed by atoms with van der Waals surface area (Å²) in [4.78, 5) is 46.2. The number of amides is 1. The standard InChI is InChI=1S/C16H15ClF3N5O6/c1-6(26)29-3-8-11(30-7(2)27)9(24-15(28)16(18,19)20)14(31-8)25-5-23-10-12(17)21-4-22-13(10)25/h4-5,8-9,11,14H,3H2,1-2H3,(H,24,28)/t8-,9-,11-,14-/m1/s1. The Bertz CT molecular complexity index is 1020. The monoisotopic (exact) mass is 465 g/mol. The van der Waals surface area contributed by atoms with Crippen LogP contribution in [0.15, 0.2) is 12.7 Å². The maximum absolute atomic E-state index is 12.9. The van der Waals surface area contributed by atoms with Crippen LogP contribution in [0.5, 0.6) is 0 Å². The van der Waals surface area contributed by atoms with Gasteiger partial charge in [-0.05, 0) is 0 Å². The summed E-state index contributed by atoms with van der Waals surface area (Å²) in [6.45, 7) is 1.68. The molecule has 2 aromatic rings. The number of carbonyl (C=O) groups is 3. The predicted octanol–water partition coefficient (Wildman–Crippen LogP) is 0.919. The van der Waals surface area contributed by atoms with Gasteiger partial charge in [0.15, 0.2) is 23.1 Å². The number of rotatable bonds is 5. The number of nitrogens with one attached hydrogen (secondary N) is 1. The van der Waals surface area contributed by atoms with E-state index in [-0.39, 0.29) is 16.3 Å². The molecule has 3 rings (SSSR count). The fraction of sp³-hybridized carbons (Fsp3) is 0.500. The third-order valence-corrected chi connectivity index (χ3v) is 4.51. The number of fused-ring (bicyclic) bond motifs is 1. The molecule has 168 valence electrons. The van der Waals surface area contributed by atoms with E-state index in [1.807, 2.05) is 0 Å². The SMILES string of the molecule is CC(=O)OC[C@H]1O[C@@H](n2cnc3c(Cl)ncnc32)[C@H](NC(=O)C(F)(F)F)[C@@H]1OC(C)=O. The molecule has 4 atom stereocenters. The van der Waals surface area contributed by atoms with Gasteiger partial charge in [-0.3, -0.25) is 19.0 Å². The van der Waals surface area contributed by atoms with Crippen molar-refractivity contribution in [3.8, 4) is 0 Å². The van der Waals surface area contributed by atoms with Crippen molar-refractivity contribution in [2.75, 3.05) is 6.61 Å². The number of hydrogen-bond donors (Lipinski definition) is 1. The molecule has 11 nitrogen and oxygen atoms in total. The molecule has 0 bridgehead atoms. The molecule has 1 amide bonds. The molecule has 0 saturated carbocycles. The maximum atomic E-state index is 12.9. The number of imidazole rings is 1. The lowest BCUT2D eigenvalue weighted by atomic mass is 10.1. The number of halogens is 4. The van der Waals surface area contributed by atoms with E-state index in [2.05, 4.69) is 15.0 Å². The van der Waals surface area contributed by atoms with Crippen LogP contribution in [0.3, 0.4) is 0 Å². The minimum atomic E-state index is -5.22. The van der Waals surface area contributed by atoms with Gasteiger partial charge < -0.3 is 19.5 Å². The Hall–Kier alpha value is -3.00. The average molecular weight is 466 g/mol. The Morgan fingerprint density at radius 1 is 1.23 bits per heavy atom. The first-order chi connectivity index (χ1) is 14.5. The van der Waals surface area contributed by atoms with Crippen molar-refractivity contribution in [1.82, 2.24) is 24.8 Å². The minimum Gasteiger partial charge on any atom is -0.463 e. The first kappa shape index (κ1) is 22.7. The van der Waals surface area contributed by atoms with Crippen molar-refractivity contribution in [1.29, 1.82) is 0 Å². The zero-order valence-corrected chi connectivity index (χ0v) is 16.7. The van der Waals surface area contributed by atoms with E-state index >= 15 is 0 Å². The molecular formula is C16H15ClF3N5O6. The van der Waals surface area contributed by atoms with Gasteiger partial charge in [0.25, 0.3) is 0 Å². The van der Waals surface area contributed by atoms with Crippen molar-refractivity contribution in [2.45, 2.75) is 44.5 Å². The zero-order chi connectivity index (χ0) is 22.9. The number of alkyl halides is 3. The van der Waals surface area contributed by atoms with Gasteiger partial charge in [0.2, 0.25) is 0 Å². The Balaban J connectivity index is 2.04. The molecule has 1 fully saturated rings. The van der Waals surface area contributed by atoms with Gasteiger partial charge in [-0.15, -0.1) is 0 Å². The van der Waals surface area contributed by atoms with Crippen LogP contribution in [0, 0.1) is 0 Å². The molecule has 31 heavy (non-hydrogen) atoms. The maximum Gasteiger partial charge on any atom is 0.471 e. The van der Waals surface area contributed by atoms with Crippen molar-refractivity contribution < 1.29 is 41.8 Å². The van der Waals surface area contributed by atoms with E-state index in [4.69, 9.17) is 25.8 Å². The lowest BCUT2D eigenvalue weighted by Crippen LogP contribution is -2.52. The molecule has 0 aliphatic carbocycles. The number of aromatic nitrogens is 4. The van der Waals surface area contributed by atoms with Crippen LogP contribution < -0.4 is 5.32 Å². The van der Waals surface area contributed by atoms with Crippen molar-refractivity contribution in [3.05, 3.63) is 17.8 Å². The second-order valence-corrected chi connectivity index (χ2v) is 6.79.